The number of imidazole rings is 1. The number of aromatic nitrogens is 2. The summed E-state index contributed by atoms with van der Waals surface area (Å²) in [5, 5.41) is 0. The fourth-order valence-corrected chi connectivity index (χ4v) is 2.94. The van der Waals surface area contributed by atoms with Crippen LogP contribution in [0.15, 0.2) is 12.1 Å². The Balaban J connectivity index is 1.63. The zero-order valence-electron chi connectivity index (χ0n) is 14.1. The quantitative estimate of drug-likeness (QED) is 0.921. The summed E-state index contributed by atoms with van der Waals surface area (Å²) in [5.41, 5.74) is 3.97. The topological polar surface area (TPSA) is 58.2 Å². The number of fused-ring (bicyclic) bond motifs is 1. The van der Waals surface area contributed by atoms with Crippen LogP contribution in [-0.4, -0.2) is 52.8 Å². The number of aromatic amines is 1. The molecule has 0 unspecified atom stereocenters. The molecular weight excluding hydrogens is 335 g/mol. The standard InChI is InChI=1S/C17H20F3N3O2/c1-10-3-4-12-16(11(10)2)22-14(21-12)5-6-15(24)23-7-8-25-13(9-23)17(18,19)20/h3-4,13H,5-9H2,1-2H3,(H,21,22)/t13-/m0/s1. The van der Waals surface area contributed by atoms with E-state index in [1.807, 2.05) is 26.0 Å². The summed E-state index contributed by atoms with van der Waals surface area (Å²) in [5.74, 6) is 0.351. The molecule has 1 N–H and O–H groups in total. The van der Waals surface area contributed by atoms with Crippen LogP contribution in [0, 0.1) is 13.8 Å². The van der Waals surface area contributed by atoms with E-state index in [0.29, 0.717) is 12.2 Å². The third kappa shape index (κ3) is 3.78. The summed E-state index contributed by atoms with van der Waals surface area (Å²) in [7, 11) is 0. The largest absolute Gasteiger partial charge is 0.416 e. The normalized spacial score (nSPS) is 18.8. The van der Waals surface area contributed by atoms with Crippen molar-refractivity contribution in [3.8, 4) is 0 Å². The number of morpholine rings is 1. The molecule has 1 aromatic carbocycles. The molecule has 0 saturated carbocycles. The van der Waals surface area contributed by atoms with Gasteiger partial charge in [-0.05, 0) is 31.0 Å². The SMILES string of the molecule is Cc1ccc2[nH]c(CCC(=O)N3CCO[C@H](C(F)(F)F)C3)nc2c1C. The Kier molecular flexibility index (Phi) is 4.73. The number of aryl methyl sites for hydroxylation is 3. The summed E-state index contributed by atoms with van der Waals surface area (Å²) in [6.45, 7) is 3.63. The van der Waals surface area contributed by atoms with E-state index < -0.39 is 18.8 Å². The highest BCUT2D eigenvalue weighted by Gasteiger charge is 2.44. The molecule has 0 spiro atoms. The number of hydrogen-bond donors (Lipinski definition) is 1. The van der Waals surface area contributed by atoms with Crippen LogP contribution in [0.5, 0.6) is 0 Å². The molecule has 1 aliphatic heterocycles. The molecule has 2 aromatic rings. The monoisotopic (exact) mass is 355 g/mol. The number of ether oxygens (including phenoxy) is 1. The fraction of sp³-hybridized carbons (Fsp3) is 0.529. The molecule has 1 aromatic heterocycles. The van der Waals surface area contributed by atoms with Gasteiger partial charge in [-0.1, -0.05) is 6.07 Å². The van der Waals surface area contributed by atoms with E-state index in [1.54, 1.807) is 0 Å². The molecule has 136 valence electrons. The van der Waals surface area contributed by atoms with Crippen LogP contribution < -0.4 is 0 Å². The van der Waals surface area contributed by atoms with Gasteiger partial charge in [-0.15, -0.1) is 0 Å². The van der Waals surface area contributed by atoms with Crippen LogP contribution in [0.3, 0.4) is 0 Å². The molecule has 0 aliphatic carbocycles. The number of H-pyrrole nitrogens is 1. The predicted octanol–water partition coefficient (Wildman–Crippen LogP) is 2.90. The molecule has 0 radical (unpaired) electrons. The number of alkyl halides is 3. The van der Waals surface area contributed by atoms with Gasteiger partial charge in [-0.3, -0.25) is 4.79 Å². The van der Waals surface area contributed by atoms with Gasteiger partial charge in [0, 0.05) is 19.4 Å². The van der Waals surface area contributed by atoms with Crippen molar-refractivity contribution in [1.29, 1.82) is 0 Å². The first kappa shape index (κ1) is 17.7. The second kappa shape index (κ2) is 6.67. The van der Waals surface area contributed by atoms with Crippen LogP contribution in [0.4, 0.5) is 13.2 Å². The minimum absolute atomic E-state index is 0.0982. The van der Waals surface area contributed by atoms with Crippen molar-refractivity contribution < 1.29 is 22.7 Å². The highest BCUT2D eigenvalue weighted by atomic mass is 19.4. The van der Waals surface area contributed by atoms with E-state index in [-0.39, 0.29) is 25.5 Å². The summed E-state index contributed by atoms with van der Waals surface area (Å²) >= 11 is 0. The van der Waals surface area contributed by atoms with Crippen LogP contribution in [-0.2, 0) is 16.0 Å². The van der Waals surface area contributed by atoms with Crippen molar-refractivity contribution in [2.45, 2.75) is 39.0 Å². The highest BCUT2D eigenvalue weighted by Crippen LogP contribution is 2.26. The number of amides is 1. The number of nitrogens with one attached hydrogen (secondary N) is 1. The second-order valence-electron chi connectivity index (χ2n) is 6.33. The smallest absolute Gasteiger partial charge is 0.365 e. The number of rotatable bonds is 3. The molecule has 1 aliphatic rings. The molecule has 0 bridgehead atoms. The first-order valence-electron chi connectivity index (χ1n) is 8.16. The maximum Gasteiger partial charge on any atom is 0.416 e. The Bertz CT molecular complexity index is 785. The van der Waals surface area contributed by atoms with Gasteiger partial charge in [0.15, 0.2) is 6.10 Å². The first-order chi connectivity index (χ1) is 11.8. The van der Waals surface area contributed by atoms with Crippen molar-refractivity contribution >= 4 is 16.9 Å². The number of nitrogens with zero attached hydrogens (tertiary/aromatic N) is 2. The Morgan fingerprint density at radius 1 is 1.40 bits per heavy atom. The zero-order chi connectivity index (χ0) is 18.2. The van der Waals surface area contributed by atoms with Gasteiger partial charge >= 0.3 is 6.18 Å². The van der Waals surface area contributed by atoms with Crippen LogP contribution in [0.25, 0.3) is 11.0 Å². The summed E-state index contributed by atoms with van der Waals surface area (Å²) in [4.78, 5) is 21.1. The molecule has 8 heteroatoms. The van der Waals surface area contributed by atoms with Crippen LogP contribution >= 0.6 is 0 Å². The lowest BCUT2D eigenvalue weighted by Gasteiger charge is -2.33. The molecule has 1 amide bonds. The lowest BCUT2D eigenvalue weighted by Crippen LogP contribution is -2.51. The molecule has 3 rings (SSSR count). The van der Waals surface area contributed by atoms with Gasteiger partial charge in [0.1, 0.15) is 5.82 Å². The Morgan fingerprint density at radius 2 is 2.16 bits per heavy atom. The fourth-order valence-electron chi connectivity index (χ4n) is 2.94. The van der Waals surface area contributed by atoms with Crippen molar-refractivity contribution in [3.63, 3.8) is 0 Å². The number of carbonyl (C=O) groups is 1. The van der Waals surface area contributed by atoms with Gasteiger partial charge in [-0.2, -0.15) is 13.2 Å². The van der Waals surface area contributed by atoms with Crippen molar-refractivity contribution in [2.24, 2.45) is 0 Å². The van der Waals surface area contributed by atoms with Gasteiger partial charge in [-0.25, -0.2) is 4.98 Å². The van der Waals surface area contributed by atoms with Crippen LogP contribution in [0.2, 0.25) is 0 Å². The maximum atomic E-state index is 12.7. The third-order valence-electron chi connectivity index (χ3n) is 4.59. The molecular formula is C17H20F3N3O2. The van der Waals surface area contributed by atoms with E-state index in [1.165, 1.54) is 4.90 Å². The number of benzene rings is 1. The van der Waals surface area contributed by atoms with Crippen LogP contribution in [0.1, 0.15) is 23.4 Å². The molecule has 1 atom stereocenters. The second-order valence-corrected chi connectivity index (χ2v) is 6.33. The van der Waals surface area contributed by atoms with E-state index in [9.17, 15) is 18.0 Å². The average molecular weight is 355 g/mol. The molecule has 2 heterocycles. The summed E-state index contributed by atoms with van der Waals surface area (Å²) in [6, 6.07) is 3.93. The van der Waals surface area contributed by atoms with Crippen molar-refractivity contribution in [3.05, 3.63) is 29.1 Å². The third-order valence-corrected chi connectivity index (χ3v) is 4.59. The minimum atomic E-state index is -4.45. The van der Waals surface area contributed by atoms with E-state index in [0.717, 1.165) is 22.2 Å². The summed E-state index contributed by atoms with van der Waals surface area (Å²) in [6.07, 6.45) is -5.88. The molecule has 5 nitrogen and oxygen atoms in total. The molecule has 25 heavy (non-hydrogen) atoms. The van der Waals surface area contributed by atoms with Gasteiger partial charge in [0.05, 0.1) is 24.2 Å². The number of halogens is 3. The molecule has 1 saturated heterocycles. The summed E-state index contributed by atoms with van der Waals surface area (Å²) < 4.78 is 42.9. The predicted molar refractivity (Wildman–Crippen MR) is 86.3 cm³/mol. The first-order valence-corrected chi connectivity index (χ1v) is 8.16. The van der Waals surface area contributed by atoms with Gasteiger partial charge < -0.3 is 14.6 Å². The Labute approximate surface area is 143 Å². The number of carbonyl (C=O) groups excluding carboxylic acids is 1. The highest BCUT2D eigenvalue weighted by molar-refractivity contribution is 5.80. The number of hydrogen-bond acceptors (Lipinski definition) is 3. The average Bonchev–Trinajstić information content (AvgIpc) is 2.99. The lowest BCUT2D eigenvalue weighted by atomic mass is 10.1. The van der Waals surface area contributed by atoms with Crippen molar-refractivity contribution in [1.82, 2.24) is 14.9 Å². The van der Waals surface area contributed by atoms with Gasteiger partial charge in [0.25, 0.3) is 0 Å². The molecule has 1 fully saturated rings. The zero-order valence-corrected chi connectivity index (χ0v) is 14.1. The van der Waals surface area contributed by atoms with E-state index >= 15 is 0 Å². The minimum Gasteiger partial charge on any atom is -0.365 e. The van der Waals surface area contributed by atoms with Crippen molar-refractivity contribution in [2.75, 3.05) is 19.7 Å². The lowest BCUT2D eigenvalue weighted by molar-refractivity contribution is -0.236. The maximum absolute atomic E-state index is 12.7. The van der Waals surface area contributed by atoms with E-state index in [2.05, 4.69) is 9.97 Å². The Morgan fingerprint density at radius 3 is 2.88 bits per heavy atom. The Hall–Kier alpha value is -2.09. The van der Waals surface area contributed by atoms with Gasteiger partial charge in [0.2, 0.25) is 5.91 Å². The van der Waals surface area contributed by atoms with E-state index in [4.69, 9.17) is 4.74 Å².